The summed E-state index contributed by atoms with van der Waals surface area (Å²) in [5.74, 6) is 0.0639. The molecule has 0 aromatic carbocycles. The molecular formula is C11H16N2O2. The van der Waals surface area contributed by atoms with Crippen LogP contribution in [-0.4, -0.2) is 21.6 Å². The summed E-state index contributed by atoms with van der Waals surface area (Å²) in [6.45, 7) is 3.56. The second-order valence-electron chi connectivity index (χ2n) is 3.41. The van der Waals surface area contributed by atoms with Crippen LogP contribution in [0.3, 0.4) is 0 Å². The van der Waals surface area contributed by atoms with Gasteiger partial charge in [0, 0.05) is 6.20 Å². The number of hydrogen-bond acceptors (Lipinski definition) is 3. The molecule has 4 heteroatoms. The van der Waals surface area contributed by atoms with E-state index in [2.05, 4.69) is 10.3 Å². The van der Waals surface area contributed by atoms with Gasteiger partial charge in [0.2, 0.25) is 0 Å². The maximum absolute atomic E-state index is 11.7. The van der Waals surface area contributed by atoms with Crippen molar-refractivity contribution in [2.75, 3.05) is 5.32 Å². The second kappa shape index (κ2) is 4.89. The molecule has 0 aliphatic rings. The van der Waals surface area contributed by atoms with Crippen molar-refractivity contribution in [1.29, 1.82) is 0 Å². The molecule has 0 aliphatic heterocycles. The molecule has 0 atom stereocenters. The van der Waals surface area contributed by atoms with Crippen LogP contribution in [-0.2, 0) is 4.79 Å². The minimum atomic E-state index is -1.29. The van der Waals surface area contributed by atoms with E-state index in [1.165, 1.54) is 0 Å². The first-order chi connectivity index (χ1) is 7.12. The molecule has 1 rings (SSSR count). The number of nitrogens with zero attached hydrogens (tertiary/aromatic N) is 1. The molecule has 82 valence electrons. The Morgan fingerprint density at radius 2 is 2.13 bits per heavy atom. The highest BCUT2D eigenvalue weighted by atomic mass is 16.3. The van der Waals surface area contributed by atoms with Gasteiger partial charge in [-0.2, -0.15) is 0 Å². The number of carbonyl (C=O) groups excluding carboxylic acids is 1. The molecule has 2 N–H and O–H groups in total. The summed E-state index contributed by atoms with van der Waals surface area (Å²) < 4.78 is 0. The van der Waals surface area contributed by atoms with Gasteiger partial charge < -0.3 is 10.4 Å². The topological polar surface area (TPSA) is 62.2 Å². The number of aromatic nitrogens is 1. The average Bonchev–Trinajstić information content (AvgIpc) is 2.29. The molecule has 0 aliphatic carbocycles. The van der Waals surface area contributed by atoms with Crippen LogP contribution in [0.1, 0.15) is 26.7 Å². The summed E-state index contributed by atoms with van der Waals surface area (Å²) in [6, 6.07) is 5.23. The molecule has 0 unspecified atom stereocenters. The zero-order chi connectivity index (χ0) is 11.3. The fourth-order valence-corrected chi connectivity index (χ4v) is 1.24. The molecule has 15 heavy (non-hydrogen) atoms. The lowest BCUT2D eigenvalue weighted by atomic mass is 9.96. The van der Waals surface area contributed by atoms with Gasteiger partial charge in [0.1, 0.15) is 11.4 Å². The normalized spacial score (nSPS) is 11.1. The summed E-state index contributed by atoms with van der Waals surface area (Å²) in [6.07, 6.45) is 2.37. The quantitative estimate of drug-likeness (QED) is 0.789. The highest BCUT2D eigenvalue weighted by molar-refractivity contribution is 5.96. The standard InChI is InChI=1S/C11H16N2O2/c1-3-11(15,4-2)10(14)13-9-7-5-6-8-12-9/h5-8,15H,3-4H2,1-2H3,(H,12,13,14). The first-order valence-electron chi connectivity index (χ1n) is 5.07. The van der Waals surface area contributed by atoms with Crippen molar-refractivity contribution in [1.82, 2.24) is 4.98 Å². The fraction of sp³-hybridized carbons (Fsp3) is 0.455. The molecule has 4 nitrogen and oxygen atoms in total. The first-order valence-corrected chi connectivity index (χ1v) is 5.07. The number of anilines is 1. The Hall–Kier alpha value is -1.42. The Bertz CT molecular complexity index is 321. The highest BCUT2D eigenvalue weighted by Crippen LogP contribution is 2.16. The molecule has 0 spiro atoms. The second-order valence-corrected chi connectivity index (χ2v) is 3.41. The van der Waals surface area contributed by atoms with Crippen molar-refractivity contribution < 1.29 is 9.90 Å². The van der Waals surface area contributed by atoms with Crippen molar-refractivity contribution in [2.45, 2.75) is 32.3 Å². The van der Waals surface area contributed by atoms with E-state index in [1.54, 1.807) is 38.2 Å². The van der Waals surface area contributed by atoms with Crippen LogP contribution in [0.15, 0.2) is 24.4 Å². The van der Waals surface area contributed by atoms with E-state index >= 15 is 0 Å². The van der Waals surface area contributed by atoms with Gasteiger partial charge >= 0.3 is 0 Å². The third-order valence-electron chi connectivity index (χ3n) is 2.50. The van der Waals surface area contributed by atoms with Crippen LogP contribution in [0.5, 0.6) is 0 Å². The SMILES string of the molecule is CCC(O)(CC)C(=O)Nc1ccccn1. The molecule has 0 saturated heterocycles. The maximum atomic E-state index is 11.7. The third-order valence-corrected chi connectivity index (χ3v) is 2.50. The van der Waals surface area contributed by atoms with Crippen LogP contribution in [0.4, 0.5) is 5.82 Å². The number of carbonyl (C=O) groups is 1. The predicted molar refractivity (Wildman–Crippen MR) is 58.4 cm³/mol. The summed E-state index contributed by atoms with van der Waals surface area (Å²) in [4.78, 5) is 15.7. The van der Waals surface area contributed by atoms with Gasteiger partial charge in [-0.1, -0.05) is 19.9 Å². The first kappa shape index (κ1) is 11.7. The summed E-state index contributed by atoms with van der Waals surface area (Å²) >= 11 is 0. The van der Waals surface area contributed by atoms with E-state index in [4.69, 9.17) is 0 Å². The number of aliphatic hydroxyl groups is 1. The van der Waals surface area contributed by atoms with Crippen LogP contribution in [0, 0.1) is 0 Å². The van der Waals surface area contributed by atoms with Gasteiger partial charge in [0.25, 0.3) is 5.91 Å². The molecular weight excluding hydrogens is 192 g/mol. The Labute approximate surface area is 89.3 Å². The molecule has 0 fully saturated rings. The number of nitrogens with one attached hydrogen (secondary N) is 1. The van der Waals surface area contributed by atoms with Crippen LogP contribution < -0.4 is 5.32 Å². The van der Waals surface area contributed by atoms with Crippen LogP contribution in [0.25, 0.3) is 0 Å². The van der Waals surface area contributed by atoms with Crippen molar-refractivity contribution in [3.8, 4) is 0 Å². The van der Waals surface area contributed by atoms with Gasteiger partial charge in [-0.3, -0.25) is 4.79 Å². The fourth-order valence-electron chi connectivity index (χ4n) is 1.24. The lowest BCUT2D eigenvalue weighted by Gasteiger charge is -2.23. The molecule has 0 saturated carbocycles. The Morgan fingerprint density at radius 1 is 1.47 bits per heavy atom. The lowest BCUT2D eigenvalue weighted by Crippen LogP contribution is -2.41. The van der Waals surface area contributed by atoms with Gasteiger partial charge in [-0.05, 0) is 25.0 Å². The van der Waals surface area contributed by atoms with E-state index in [0.717, 1.165) is 0 Å². The third kappa shape index (κ3) is 2.76. The molecule has 0 bridgehead atoms. The molecule has 0 radical (unpaired) electrons. The smallest absolute Gasteiger partial charge is 0.257 e. The lowest BCUT2D eigenvalue weighted by molar-refractivity contribution is -0.134. The van der Waals surface area contributed by atoms with Crippen molar-refractivity contribution in [2.24, 2.45) is 0 Å². The van der Waals surface area contributed by atoms with Crippen molar-refractivity contribution >= 4 is 11.7 Å². The van der Waals surface area contributed by atoms with Gasteiger partial charge in [-0.15, -0.1) is 0 Å². The summed E-state index contributed by atoms with van der Waals surface area (Å²) in [7, 11) is 0. The number of hydrogen-bond donors (Lipinski definition) is 2. The predicted octanol–water partition coefficient (Wildman–Crippen LogP) is 1.57. The minimum absolute atomic E-state index is 0.391. The molecule has 1 amide bonds. The minimum Gasteiger partial charge on any atom is -0.380 e. The number of pyridine rings is 1. The maximum Gasteiger partial charge on any atom is 0.257 e. The number of amides is 1. The van der Waals surface area contributed by atoms with Crippen molar-refractivity contribution in [3.05, 3.63) is 24.4 Å². The largest absolute Gasteiger partial charge is 0.380 e. The summed E-state index contributed by atoms with van der Waals surface area (Å²) in [5.41, 5.74) is -1.29. The van der Waals surface area contributed by atoms with Crippen LogP contribution in [0.2, 0.25) is 0 Å². The van der Waals surface area contributed by atoms with E-state index in [9.17, 15) is 9.90 Å². The zero-order valence-corrected chi connectivity index (χ0v) is 9.03. The van der Waals surface area contributed by atoms with E-state index in [1.807, 2.05) is 0 Å². The van der Waals surface area contributed by atoms with E-state index in [0.29, 0.717) is 18.7 Å². The Balaban J connectivity index is 2.71. The monoisotopic (exact) mass is 208 g/mol. The Morgan fingerprint density at radius 3 is 2.60 bits per heavy atom. The van der Waals surface area contributed by atoms with E-state index < -0.39 is 11.5 Å². The van der Waals surface area contributed by atoms with Crippen molar-refractivity contribution in [3.63, 3.8) is 0 Å². The highest BCUT2D eigenvalue weighted by Gasteiger charge is 2.31. The molecule has 1 aromatic heterocycles. The van der Waals surface area contributed by atoms with Crippen LogP contribution >= 0.6 is 0 Å². The molecule has 1 heterocycles. The Kier molecular flexibility index (Phi) is 3.80. The van der Waals surface area contributed by atoms with E-state index in [-0.39, 0.29) is 0 Å². The van der Waals surface area contributed by atoms with Gasteiger partial charge in [0.05, 0.1) is 0 Å². The number of rotatable bonds is 4. The average molecular weight is 208 g/mol. The van der Waals surface area contributed by atoms with Gasteiger partial charge in [0.15, 0.2) is 0 Å². The molecule has 1 aromatic rings. The van der Waals surface area contributed by atoms with Gasteiger partial charge in [-0.25, -0.2) is 4.98 Å². The zero-order valence-electron chi connectivity index (χ0n) is 9.03. The summed E-state index contributed by atoms with van der Waals surface area (Å²) in [5, 5.41) is 12.5.